The summed E-state index contributed by atoms with van der Waals surface area (Å²) in [5, 5.41) is 12.4. The molecule has 2 aromatic rings. The first-order valence-corrected chi connectivity index (χ1v) is 7.15. The summed E-state index contributed by atoms with van der Waals surface area (Å²) < 4.78 is 10.3. The molecular weight excluding hydrogens is 298 g/mol. The van der Waals surface area contributed by atoms with E-state index in [0.717, 1.165) is 16.3 Å². The van der Waals surface area contributed by atoms with Crippen LogP contribution in [0.25, 0.3) is 16.8 Å². The van der Waals surface area contributed by atoms with Gasteiger partial charge < -0.3 is 9.47 Å². The molecule has 0 radical (unpaired) electrons. The molecule has 0 unspecified atom stereocenters. The van der Waals surface area contributed by atoms with Crippen molar-refractivity contribution in [2.75, 3.05) is 13.2 Å². The Morgan fingerprint density at radius 2 is 1.91 bits per heavy atom. The molecule has 2 rings (SSSR count). The number of ether oxygens (including phenoxy) is 2. The second-order valence-corrected chi connectivity index (χ2v) is 4.84. The van der Waals surface area contributed by atoms with Crippen molar-refractivity contribution in [3.05, 3.63) is 57.8 Å². The minimum absolute atomic E-state index is 0.0512. The zero-order valence-electron chi connectivity index (χ0n) is 12.9. The Hall–Kier alpha value is -2.89. The first-order valence-electron chi connectivity index (χ1n) is 7.15. The second-order valence-electron chi connectivity index (χ2n) is 4.84. The van der Waals surface area contributed by atoms with Crippen LogP contribution in [0, 0.1) is 10.1 Å². The van der Waals surface area contributed by atoms with Gasteiger partial charge in [-0.3, -0.25) is 10.1 Å². The lowest BCUT2D eigenvalue weighted by Gasteiger charge is -2.10. The van der Waals surface area contributed by atoms with Crippen LogP contribution in [0.3, 0.4) is 0 Å². The topological polar surface area (TPSA) is 78.7 Å². The lowest BCUT2D eigenvalue weighted by Crippen LogP contribution is -2.14. The quantitative estimate of drug-likeness (QED) is 0.463. The monoisotopic (exact) mass is 315 g/mol. The van der Waals surface area contributed by atoms with E-state index in [2.05, 4.69) is 0 Å². The van der Waals surface area contributed by atoms with Gasteiger partial charge in [-0.05, 0) is 23.9 Å². The Bertz CT molecular complexity index is 767. The van der Waals surface area contributed by atoms with E-state index >= 15 is 0 Å². The van der Waals surface area contributed by atoms with E-state index in [1.54, 1.807) is 19.1 Å². The number of allylic oxidation sites excluding steroid dienone is 1. The molecule has 2 aromatic carbocycles. The van der Waals surface area contributed by atoms with Crippen LogP contribution in [-0.2, 0) is 9.53 Å². The van der Waals surface area contributed by atoms with E-state index in [1.807, 2.05) is 24.3 Å². The predicted molar refractivity (Wildman–Crippen MR) is 86.7 cm³/mol. The second kappa shape index (κ2) is 7.40. The maximum Gasteiger partial charge on any atom is 0.344 e. The molecule has 0 spiro atoms. The normalized spacial score (nSPS) is 11.3. The van der Waals surface area contributed by atoms with Gasteiger partial charge in [0.1, 0.15) is 5.75 Å². The standard InChI is InChI=1S/C17H17NO5/c1-3-22-17(19)11-23-16-9-8-13(10-12(2)18(20)21)14-6-4-5-7-15(14)16/h4-10H,3,11H2,1-2H3/b12-10+. The minimum atomic E-state index is -0.440. The summed E-state index contributed by atoms with van der Waals surface area (Å²) in [7, 11) is 0. The summed E-state index contributed by atoms with van der Waals surface area (Å²) in [6.07, 6.45) is 1.51. The van der Waals surface area contributed by atoms with E-state index in [-0.39, 0.29) is 12.3 Å². The molecular formula is C17H17NO5. The molecule has 0 aliphatic heterocycles. The molecule has 120 valence electrons. The van der Waals surface area contributed by atoms with E-state index in [9.17, 15) is 14.9 Å². The molecule has 0 bridgehead atoms. The summed E-state index contributed by atoms with van der Waals surface area (Å²) in [5.74, 6) is 0.0920. The van der Waals surface area contributed by atoms with Gasteiger partial charge in [0, 0.05) is 18.4 Å². The van der Waals surface area contributed by atoms with Crippen molar-refractivity contribution in [1.82, 2.24) is 0 Å². The zero-order chi connectivity index (χ0) is 16.8. The maximum absolute atomic E-state index is 11.4. The highest BCUT2D eigenvalue weighted by Crippen LogP contribution is 2.29. The van der Waals surface area contributed by atoms with Gasteiger partial charge in [0.05, 0.1) is 11.5 Å². The molecule has 0 fully saturated rings. The summed E-state index contributed by atoms with van der Waals surface area (Å²) in [6, 6.07) is 10.8. The fraction of sp³-hybridized carbons (Fsp3) is 0.235. The van der Waals surface area contributed by atoms with Crippen molar-refractivity contribution in [1.29, 1.82) is 0 Å². The van der Waals surface area contributed by atoms with E-state index in [1.165, 1.54) is 13.0 Å². The first kappa shape index (κ1) is 16.5. The van der Waals surface area contributed by atoms with Crippen molar-refractivity contribution >= 4 is 22.8 Å². The molecule has 23 heavy (non-hydrogen) atoms. The van der Waals surface area contributed by atoms with Gasteiger partial charge >= 0.3 is 5.97 Å². The van der Waals surface area contributed by atoms with Gasteiger partial charge in [0.2, 0.25) is 5.70 Å². The van der Waals surface area contributed by atoms with Crippen molar-refractivity contribution in [2.24, 2.45) is 0 Å². The molecule has 0 heterocycles. The molecule has 0 amide bonds. The molecule has 0 aromatic heterocycles. The number of fused-ring (bicyclic) bond motifs is 1. The van der Waals surface area contributed by atoms with Crippen LogP contribution in [-0.4, -0.2) is 24.1 Å². The van der Waals surface area contributed by atoms with Crippen molar-refractivity contribution in [3.63, 3.8) is 0 Å². The van der Waals surface area contributed by atoms with Crippen LogP contribution in [0.15, 0.2) is 42.1 Å². The van der Waals surface area contributed by atoms with Crippen molar-refractivity contribution < 1.29 is 19.2 Å². The minimum Gasteiger partial charge on any atom is -0.481 e. The van der Waals surface area contributed by atoms with Gasteiger partial charge in [0.15, 0.2) is 6.61 Å². The molecule has 6 nitrogen and oxygen atoms in total. The Kier molecular flexibility index (Phi) is 5.30. The predicted octanol–water partition coefficient (Wildman–Crippen LogP) is 3.42. The van der Waals surface area contributed by atoms with Crippen molar-refractivity contribution in [2.45, 2.75) is 13.8 Å². The zero-order valence-corrected chi connectivity index (χ0v) is 12.9. The lowest BCUT2D eigenvalue weighted by molar-refractivity contribution is -0.422. The van der Waals surface area contributed by atoms with Crippen LogP contribution < -0.4 is 4.74 Å². The number of nitrogens with zero attached hydrogens (tertiary/aromatic N) is 1. The number of carbonyl (C=O) groups excluding carboxylic acids is 1. The largest absolute Gasteiger partial charge is 0.481 e. The van der Waals surface area contributed by atoms with Gasteiger partial charge in [-0.15, -0.1) is 0 Å². The summed E-state index contributed by atoms with van der Waals surface area (Å²) in [4.78, 5) is 21.8. The molecule has 0 saturated carbocycles. The highest BCUT2D eigenvalue weighted by Gasteiger charge is 2.10. The molecule has 0 saturated heterocycles. The lowest BCUT2D eigenvalue weighted by atomic mass is 10.0. The molecule has 6 heteroatoms. The average molecular weight is 315 g/mol. The Balaban J connectivity index is 2.37. The van der Waals surface area contributed by atoms with E-state index in [4.69, 9.17) is 9.47 Å². The molecule has 0 N–H and O–H groups in total. The third-order valence-corrected chi connectivity index (χ3v) is 3.22. The van der Waals surface area contributed by atoms with Crippen LogP contribution in [0.5, 0.6) is 5.75 Å². The van der Waals surface area contributed by atoms with Gasteiger partial charge in [-0.2, -0.15) is 0 Å². The Morgan fingerprint density at radius 1 is 1.22 bits per heavy atom. The number of benzene rings is 2. The van der Waals surface area contributed by atoms with Crippen LogP contribution >= 0.6 is 0 Å². The number of hydrogen-bond donors (Lipinski definition) is 0. The molecule has 0 aliphatic rings. The van der Waals surface area contributed by atoms with Gasteiger partial charge in [-0.25, -0.2) is 4.79 Å². The van der Waals surface area contributed by atoms with Crippen molar-refractivity contribution in [3.8, 4) is 5.75 Å². The highest BCUT2D eigenvalue weighted by molar-refractivity contribution is 5.95. The SMILES string of the molecule is CCOC(=O)COc1ccc(/C=C(\C)[N+](=O)[O-])c2ccccc12. The number of rotatable bonds is 6. The van der Waals surface area contributed by atoms with Gasteiger partial charge in [0.25, 0.3) is 0 Å². The molecule has 0 aliphatic carbocycles. The first-order chi connectivity index (χ1) is 11.0. The summed E-state index contributed by atoms with van der Waals surface area (Å²) in [5.41, 5.74) is 0.772. The van der Waals surface area contributed by atoms with E-state index in [0.29, 0.717) is 12.4 Å². The number of esters is 1. The fourth-order valence-corrected chi connectivity index (χ4v) is 2.16. The number of nitro groups is 1. The number of hydrogen-bond acceptors (Lipinski definition) is 5. The van der Waals surface area contributed by atoms with Crippen LogP contribution in [0.2, 0.25) is 0 Å². The summed E-state index contributed by atoms with van der Waals surface area (Å²) >= 11 is 0. The smallest absolute Gasteiger partial charge is 0.344 e. The van der Waals surface area contributed by atoms with E-state index < -0.39 is 10.9 Å². The van der Waals surface area contributed by atoms with Crippen LogP contribution in [0.1, 0.15) is 19.4 Å². The Labute approximate surface area is 133 Å². The highest BCUT2D eigenvalue weighted by atomic mass is 16.6. The third kappa shape index (κ3) is 4.06. The molecule has 0 atom stereocenters. The average Bonchev–Trinajstić information content (AvgIpc) is 2.54. The maximum atomic E-state index is 11.4. The number of carbonyl (C=O) groups is 1. The third-order valence-electron chi connectivity index (χ3n) is 3.22. The summed E-state index contributed by atoms with van der Waals surface area (Å²) in [6.45, 7) is 3.29. The fourth-order valence-electron chi connectivity index (χ4n) is 2.16. The van der Waals surface area contributed by atoms with Crippen LogP contribution in [0.4, 0.5) is 0 Å². The van der Waals surface area contributed by atoms with Gasteiger partial charge in [-0.1, -0.05) is 30.3 Å². The Morgan fingerprint density at radius 3 is 2.57 bits per heavy atom.